The standard InChI is InChI=1S/C13H19ClN2O/c1-4-16-11(10(14)8-15-16)12(17)9-6-5-7-13(9,2)3/h8-9H,4-7H2,1-3H3. The van der Waals surface area contributed by atoms with Gasteiger partial charge in [-0.2, -0.15) is 5.10 Å². The monoisotopic (exact) mass is 254 g/mol. The molecule has 0 aromatic carbocycles. The third-order valence-corrected chi connectivity index (χ3v) is 4.18. The van der Waals surface area contributed by atoms with Gasteiger partial charge in [0.25, 0.3) is 0 Å². The maximum atomic E-state index is 12.6. The Kier molecular flexibility index (Phi) is 3.30. The van der Waals surface area contributed by atoms with Crippen LogP contribution in [0, 0.1) is 11.3 Å². The molecule has 1 aliphatic rings. The molecule has 17 heavy (non-hydrogen) atoms. The van der Waals surface area contributed by atoms with Crippen LogP contribution in [0.25, 0.3) is 0 Å². The number of nitrogens with zero attached hydrogens (tertiary/aromatic N) is 2. The van der Waals surface area contributed by atoms with E-state index in [-0.39, 0.29) is 17.1 Å². The SMILES string of the molecule is CCn1ncc(Cl)c1C(=O)C1CCCC1(C)C. The lowest BCUT2D eigenvalue weighted by Gasteiger charge is -2.25. The summed E-state index contributed by atoms with van der Waals surface area (Å²) < 4.78 is 1.71. The Labute approximate surface area is 107 Å². The maximum Gasteiger partial charge on any atom is 0.185 e. The van der Waals surface area contributed by atoms with Crippen molar-refractivity contribution < 1.29 is 4.79 Å². The molecule has 1 atom stereocenters. The van der Waals surface area contributed by atoms with Crippen LogP contribution in [0.1, 0.15) is 50.5 Å². The van der Waals surface area contributed by atoms with Crippen molar-refractivity contribution in [3.8, 4) is 0 Å². The lowest BCUT2D eigenvalue weighted by Crippen LogP contribution is -2.28. The number of carbonyl (C=O) groups excluding carboxylic acids is 1. The third kappa shape index (κ3) is 2.13. The van der Waals surface area contributed by atoms with Crippen LogP contribution in [0.15, 0.2) is 6.20 Å². The van der Waals surface area contributed by atoms with E-state index < -0.39 is 0 Å². The zero-order valence-corrected chi connectivity index (χ0v) is 11.4. The molecule has 0 saturated heterocycles. The number of aromatic nitrogens is 2. The van der Waals surface area contributed by atoms with E-state index in [0.29, 0.717) is 17.3 Å². The Balaban J connectivity index is 2.34. The van der Waals surface area contributed by atoms with Crippen molar-refractivity contribution in [2.45, 2.75) is 46.6 Å². The van der Waals surface area contributed by atoms with Crippen LogP contribution in [-0.2, 0) is 6.54 Å². The van der Waals surface area contributed by atoms with Gasteiger partial charge in [-0.3, -0.25) is 9.48 Å². The van der Waals surface area contributed by atoms with Crippen molar-refractivity contribution in [2.24, 2.45) is 11.3 Å². The number of hydrogen-bond acceptors (Lipinski definition) is 2. The van der Waals surface area contributed by atoms with Crippen LogP contribution in [0.5, 0.6) is 0 Å². The molecule has 1 fully saturated rings. The highest BCUT2D eigenvalue weighted by molar-refractivity contribution is 6.33. The van der Waals surface area contributed by atoms with Gasteiger partial charge in [-0.15, -0.1) is 0 Å². The smallest absolute Gasteiger partial charge is 0.185 e. The van der Waals surface area contributed by atoms with Crippen molar-refractivity contribution in [2.75, 3.05) is 0 Å². The van der Waals surface area contributed by atoms with E-state index in [1.165, 1.54) is 0 Å². The number of ketones is 1. The predicted octanol–water partition coefficient (Wildman–Crippen LogP) is 3.57. The minimum Gasteiger partial charge on any atom is -0.292 e. The second kappa shape index (κ2) is 4.45. The molecule has 0 radical (unpaired) electrons. The first-order chi connectivity index (χ1) is 7.97. The Morgan fingerprint density at radius 2 is 2.35 bits per heavy atom. The topological polar surface area (TPSA) is 34.9 Å². The molecule has 1 unspecified atom stereocenters. The van der Waals surface area contributed by atoms with Gasteiger partial charge in [-0.25, -0.2) is 0 Å². The van der Waals surface area contributed by atoms with Crippen LogP contribution in [0.3, 0.4) is 0 Å². The maximum absolute atomic E-state index is 12.6. The Hall–Kier alpha value is -0.830. The van der Waals surface area contributed by atoms with E-state index in [4.69, 9.17) is 11.6 Å². The number of hydrogen-bond donors (Lipinski definition) is 0. The summed E-state index contributed by atoms with van der Waals surface area (Å²) in [5.74, 6) is 0.249. The Morgan fingerprint density at radius 3 is 2.88 bits per heavy atom. The zero-order chi connectivity index (χ0) is 12.6. The van der Waals surface area contributed by atoms with Crippen molar-refractivity contribution in [3.05, 3.63) is 16.9 Å². The number of Topliss-reactive ketones (excluding diaryl/α,β-unsaturated/α-hetero) is 1. The number of aryl methyl sites for hydroxylation is 1. The molecule has 0 amide bonds. The molecule has 0 aliphatic heterocycles. The zero-order valence-electron chi connectivity index (χ0n) is 10.7. The largest absolute Gasteiger partial charge is 0.292 e. The Bertz CT molecular complexity index is 437. The quantitative estimate of drug-likeness (QED) is 0.773. The number of carbonyl (C=O) groups is 1. The molecule has 3 nitrogen and oxygen atoms in total. The van der Waals surface area contributed by atoms with Crippen LogP contribution < -0.4 is 0 Å². The predicted molar refractivity (Wildman–Crippen MR) is 68.4 cm³/mol. The van der Waals surface area contributed by atoms with Gasteiger partial charge in [-0.1, -0.05) is 31.9 Å². The normalized spacial score (nSPS) is 22.9. The summed E-state index contributed by atoms with van der Waals surface area (Å²) in [6.07, 6.45) is 4.78. The van der Waals surface area contributed by atoms with Crippen molar-refractivity contribution >= 4 is 17.4 Å². The van der Waals surface area contributed by atoms with Gasteiger partial charge < -0.3 is 0 Å². The molecule has 1 aromatic rings. The van der Waals surface area contributed by atoms with E-state index in [2.05, 4.69) is 18.9 Å². The van der Waals surface area contributed by atoms with Gasteiger partial charge in [-0.05, 0) is 25.2 Å². The molecular weight excluding hydrogens is 236 g/mol. The van der Waals surface area contributed by atoms with E-state index in [9.17, 15) is 4.79 Å². The molecule has 1 saturated carbocycles. The number of rotatable bonds is 3. The molecule has 94 valence electrons. The first-order valence-electron chi connectivity index (χ1n) is 6.23. The minimum absolute atomic E-state index is 0.0852. The molecule has 1 heterocycles. The second-order valence-corrected chi connectivity index (χ2v) is 5.86. The summed E-state index contributed by atoms with van der Waals surface area (Å²) in [5.41, 5.74) is 0.678. The third-order valence-electron chi connectivity index (χ3n) is 3.90. The van der Waals surface area contributed by atoms with Gasteiger partial charge in [0.2, 0.25) is 0 Å². The van der Waals surface area contributed by atoms with Crippen LogP contribution >= 0.6 is 11.6 Å². The van der Waals surface area contributed by atoms with Crippen molar-refractivity contribution in [1.29, 1.82) is 0 Å². The molecule has 1 aromatic heterocycles. The molecule has 0 spiro atoms. The summed E-state index contributed by atoms with van der Waals surface area (Å²) in [5, 5.41) is 4.62. The first-order valence-corrected chi connectivity index (χ1v) is 6.60. The molecule has 4 heteroatoms. The van der Waals surface area contributed by atoms with Crippen molar-refractivity contribution in [1.82, 2.24) is 9.78 Å². The fraction of sp³-hybridized carbons (Fsp3) is 0.692. The van der Waals surface area contributed by atoms with Gasteiger partial charge >= 0.3 is 0 Å². The van der Waals surface area contributed by atoms with E-state index in [1.54, 1.807) is 10.9 Å². The number of halogens is 1. The molecule has 1 aliphatic carbocycles. The van der Waals surface area contributed by atoms with Gasteiger partial charge in [0, 0.05) is 12.5 Å². The second-order valence-electron chi connectivity index (χ2n) is 5.45. The fourth-order valence-corrected chi connectivity index (χ4v) is 3.06. The Morgan fingerprint density at radius 1 is 1.65 bits per heavy atom. The summed E-state index contributed by atoms with van der Waals surface area (Å²) in [6, 6.07) is 0. The van der Waals surface area contributed by atoms with E-state index in [1.807, 2.05) is 6.92 Å². The highest BCUT2D eigenvalue weighted by Crippen LogP contribution is 2.44. The minimum atomic E-state index is 0.0852. The van der Waals surface area contributed by atoms with Crippen LogP contribution in [0.4, 0.5) is 0 Å². The highest BCUT2D eigenvalue weighted by atomic mass is 35.5. The van der Waals surface area contributed by atoms with Crippen molar-refractivity contribution in [3.63, 3.8) is 0 Å². The van der Waals surface area contributed by atoms with Gasteiger partial charge in [0.05, 0.1) is 11.2 Å². The van der Waals surface area contributed by atoms with Gasteiger partial charge in [0.15, 0.2) is 5.78 Å². The summed E-state index contributed by atoms with van der Waals surface area (Å²) >= 11 is 6.09. The molecule has 0 N–H and O–H groups in total. The van der Waals surface area contributed by atoms with E-state index in [0.717, 1.165) is 19.3 Å². The van der Waals surface area contributed by atoms with E-state index >= 15 is 0 Å². The van der Waals surface area contributed by atoms with Crippen LogP contribution in [-0.4, -0.2) is 15.6 Å². The highest BCUT2D eigenvalue weighted by Gasteiger charge is 2.41. The average Bonchev–Trinajstić information content (AvgIpc) is 2.80. The lowest BCUT2D eigenvalue weighted by molar-refractivity contribution is 0.0828. The summed E-state index contributed by atoms with van der Waals surface area (Å²) in [6.45, 7) is 6.99. The van der Waals surface area contributed by atoms with Gasteiger partial charge in [0.1, 0.15) is 5.69 Å². The fourth-order valence-electron chi connectivity index (χ4n) is 2.82. The molecule has 2 rings (SSSR count). The van der Waals surface area contributed by atoms with Crippen LogP contribution in [0.2, 0.25) is 5.02 Å². The lowest BCUT2D eigenvalue weighted by atomic mass is 9.78. The first kappa shape index (κ1) is 12.6. The average molecular weight is 255 g/mol. The summed E-state index contributed by atoms with van der Waals surface area (Å²) in [4.78, 5) is 12.6. The molecule has 0 bridgehead atoms. The summed E-state index contributed by atoms with van der Waals surface area (Å²) in [7, 11) is 0. The molecular formula is C13H19ClN2O.